The summed E-state index contributed by atoms with van der Waals surface area (Å²) >= 11 is 0. The molecular formula is C24H27FN4O4. The molecule has 33 heavy (non-hydrogen) atoms. The number of piperazine rings is 1. The molecule has 2 aromatic carbocycles. The average Bonchev–Trinajstić information content (AvgIpc) is 2.84. The summed E-state index contributed by atoms with van der Waals surface area (Å²) in [6, 6.07) is 12.9. The normalized spacial score (nSPS) is 19.1. The van der Waals surface area contributed by atoms with Gasteiger partial charge in [0.05, 0.1) is 31.5 Å². The number of esters is 1. The van der Waals surface area contributed by atoms with E-state index in [1.165, 1.54) is 13.2 Å². The maximum Gasteiger partial charge on any atom is 0.338 e. The summed E-state index contributed by atoms with van der Waals surface area (Å²) < 4.78 is 24.4. The maximum atomic E-state index is 14.1. The van der Waals surface area contributed by atoms with E-state index < -0.39 is 12.0 Å². The molecule has 1 fully saturated rings. The Bertz CT molecular complexity index is 1050. The van der Waals surface area contributed by atoms with Crippen LogP contribution in [0.4, 0.5) is 14.9 Å². The molecule has 1 saturated heterocycles. The fourth-order valence-corrected chi connectivity index (χ4v) is 4.22. The van der Waals surface area contributed by atoms with Gasteiger partial charge in [0.15, 0.2) is 0 Å². The second-order valence-electron chi connectivity index (χ2n) is 7.90. The van der Waals surface area contributed by atoms with Crippen LogP contribution in [0.25, 0.3) is 0 Å². The summed E-state index contributed by atoms with van der Waals surface area (Å²) in [6.45, 7) is 2.95. The van der Waals surface area contributed by atoms with Gasteiger partial charge in [-0.25, -0.2) is 14.0 Å². The van der Waals surface area contributed by atoms with E-state index in [0.717, 1.165) is 5.56 Å². The number of methoxy groups -OCH3 is 2. The highest BCUT2D eigenvalue weighted by molar-refractivity contribution is 5.95. The number of benzene rings is 2. The van der Waals surface area contributed by atoms with Crippen molar-refractivity contribution >= 4 is 17.7 Å². The van der Waals surface area contributed by atoms with Crippen molar-refractivity contribution in [1.82, 2.24) is 15.5 Å². The highest BCUT2D eigenvalue weighted by Gasteiger charge is 2.34. The van der Waals surface area contributed by atoms with Gasteiger partial charge in [0.1, 0.15) is 11.6 Å². The molecule has 174 valence electrons. The minimum absolute atomic E-state index is 0.241. The van der Waals surface area contributed by atoms with Crippen LogP contribution in [0.2, 0.25) is 0 Å². The minimum atomic E-state index is -0.646. The van der Waals surface area contributed by atoms with E-state index in [0.29, 0.717) is 55.4 Å². The van der Waals surface area contributed by atoms with E-state index in [-0.39, 0.29) is 11.8 Å². The standard InChI is InChI=1S/C24H27FN4O4/c1-32-17-9-7-16(8-10-17)22-21(23(30)33-2)19(26-24(31)27-22)15-28-11-13-29(14-12-28)20-6-4-3-5-18(20)25/h3-10,22H,11-15H2,1-2H3,(H2,26,27,31)/t22-/m0/s1. The van der Waals surface area contributed by atoms with Crippen LogP contribution >= 0.6 is 0 Å². The van der Waals surface area contributed by atoms with Crippen LogP contribution in [0.3, 0.4) is 0 Å². The first-order valence-electron chi connectivity index (χ1n) is 10.7. The van der Waals surface area contributed by atoms with E-state index in [1.54, 1.807) is 31.4 Å². The molecule has 0 spiro atoms. The van der Waals surface area contributed by atoms with Crippen LogP contribution in [-0.2, 0) is 9.53 Å². The molecule has 0 aliphatic carbocycles. The molecule has 2 heterocycles. The van der Waals surface area contributed by atoms with Gasteiger partial charge in [-0.1, -0.05) is 24.3 Å². The predicted molar refractivity (Wildman–Crippen MR) is 121 cm³/mol. The molecule has 0 aromatic heterocycles. The zero-order valence-electron chi connectivity index (χ0n) is 18.6. The summed E-state index contributed by atoms with van der Waals surface area (Å²) in [6.07, 6.45) is 0. The molecule has 2 aromatic rings. The molecule has 0 radical (unpaired) electrons. The van der Waals surface area contributed by atoms with Crippen molar-refractivity contribution in [3.63, 3.8) is 0 Å². The van der Waals surface area contributed by atoms with Gasteiger partial charge in [-0.2, -0.15) is 0 Å². The van der Waals surface area contributed by atoms with E-state index in [9.17, 15) is 14.0 Å². The number of para-hydroxylation sites is 1. The second-order valence-corrected chi connectivity index (χ2v) is 7.90. The number of amides is 2. The number of nitrogens with one attached hydrogen (secondary N) is 2. The quantitative estimate of drug-likeness (QED) is 0.653. The van der Waals surface area contributed by atoms with Crippen molar-refractivity contribution in [3.8, 4) is 5.75 Å². The maximum absolute atomic E-state index is 14.1. The van der Waals surface area contributed by atoms with Crippen molar-refractivity contribution in [2.24, 2.45) is 0 Å². The third-order valence-corrected chi connectivity index (χ3v) is 5.96. The lowest BCUT2D eigenvalue weighted by Gasteiger charge is -2.38. The molecule has 1 atom stereocenters. The third-order valence-electron chi connectivity index (χ3n) is 5.96. The Labute approximate surface area is 192 Å². The first-order valence-corrected chi connectivity index (χ1v) is 10.7. The Hall–Kier alpha value is -3.59. The van der Waals surface area contributed by atoms with Crippen molar-refractivity contribution in [3.05, 3.63) is 71.2 Å². The molecule has 4 rings (SSSR count). The summed E-state index contributed by atoms with van der Waals surface area (Å²) in [5.74, 6) is -0.0755. The number of halogens is 1. The Kier molecular flexibility index (Phi) is 6.79. The Morgan fingerprint density at radius 3 is 2.39 bits per heavy atom. The summed E-state index contributed by atoms with van der Waals surface area (Å²) in [7, 11) is 2.90. The van der Waals surface area contributed by atoms with Crippen molar-refractivity contribution < 1.29 is 23.5 Å². The molecule has 2 N–H and O–H groups in total. The van der Waals surface area contributed by atoms with Gasteiger partial charge in [0, 0.05) is 38.4 Å². The Balaban J connectivity index is 1.54. The molecule has 2 aliphatic rings. The van der Waals surface area contributed by atoms with E-state index in [4.69, 9.17) is 9.47 Å². The molecule has 2 aliphatic heterocycles. The van der Waals surface area contributed by atoms with Gasteiger partial charge < -0.3 is 25.0 Å². The summed E-state index contributed by atoms with van der Waals surface area (Å²) in [5, 5.41) is 5.61. The second kappa shape index (κ2) is 9.91. The van der Waals surface area contributed by atoms with Gasteiger partial charge in [-0.15, -0.1) is 0 Å². The first-order chi connectivity index (χ1) is 16.0. The van der Waals surface area contributed by atoms with Crippen LogP contribution in [0.5, 0.6) is 5.75 Å². The number of nitrogens with zero attached hydrogens (tertiary/aromatic N) is 2. The van der Waals surface area contributed by atoms with Crippen LogP contribution in [0, 0.1) is 5.82 Å². The number of hydrogen-bond donors (Lipinski definition) is 2. The van der Waals surface area contributed by atoms with Crippen molar-refractivity contribution in [1.29, 1.82) is 0 Å². The zero-order chi connectivity index (χ0) is 23.4. The van der Waals surface area contributed by atoms with Crippen molar-refractivity contribution in [2.45, 2.75) is 6.04 Å². The minimum Gasteiger partial charge on any atom is -0.497 e. The average molecular weight is 455 g/mol. The lowest BCUT2D eigenvalue weighted by molar-refractivity contribution is -0.136. The number of ether oxygens (including phenoxy) is 2. The number of rotatable bonds is 6. The highest BCUT2D eigenvalue weighted by atomic mass is 19.1. The molecule has 0 bridgehead atoms. The monoisotopic (exact) mass is 454 g/mol. The van der Waals surface area contributed by atoms with Gasteiger partial charge in [0.2, 0.25) is 0 Å². The summed E-state index contributed by atoms with van der Waals surface area (Å²) in [5.41, 5.74) is 2.19. The van der Waals surface area contributed by atoms with Crippen LogP contribution in [0.15, 0.2) is 59.8 Å². The zero-order valence-corrected chi connectivity index (χ0v) is 18.6. The summed E-state index contributed by atoms with van der Waals surface area (Å²) in [4.78, 5) is 29.3. The molecule has 0 saturated carbocycles. The smallest absolute Gasteiger partial charge is 0.338 e. The van der Waals surface area contributed by atoms with Crippen LogP contribution in [-0.4, -0.2) is 63.8 Å². The van der Waals surface area contributed by atoms with Gasteiger partial charge >= 0.3 is 12.0 Å². The molecular weight excluding hydrogens is 427 g/mol. The Morgan fingerprint density at radius 2 is 1.76 bits per heavy atom. The fourth-order valence-electron chi connectivity index (χ4n) is 4.22. The van der Waals surface area contributed by atoms with Crippen LogP contribution in [0.1, 0.15) is 11.6 Å². The third kappa shape index (κ3) is 4.93. The molecule has 2 amide bonds. The topological polar surface area (TPSA) is 83.1 Å². The van der Waals surface area contributed by atoms with Gasteiger partial charge in [-0.3, -0.25) is 4.90 Å². The SMILES string of the molecule is COC(=O)C1=C(CN2CCN(c3ccccc3F)CC2)NC(=O)N[C@H]1c1ccc(OC)cc1. The lowest BCUT2D eigenvalue weighted by atomic mass is 9.95. The lowest BCUT2D eigenvalue weighted by Crippen LogP contribution is -2.51. The number of anilines is 1. The first kappa shape index (κ1) is 22.6. The van der Waals surface area contributed by atoms with E-state index in [1.807, 2.05) is 23.1 Å². The highest BCUT2D eigenvalue weighted by Crippen LogP contribution is 2.29. The van der Waals surface area contributed by atoms with Crippen LogP contribution < -0.4 is 20.3 Å². The molecule has 8 nitrogen and oxygen atoms in total. The predicted octanol–water partition coefficient (Wildman–Crippen LogP) is 2.44. The number of carbonyl (C=O) groups is 2. The molecule has 9 heteroatoms. The van der Waals surface area contributed by atoms with E-state index in [2.05, 4.69) is 15.5 Å². The number of hydrogen-bond acceptors (Lipinski definition) is 6. The number of carbonyl (C=O) groups excluding carboxylic acids is 2. The fraction of sp³-hybridized carbons (Fsp3) is 0.333. The van der Waals surface area contributed by atoms with Gasteiger partial charge in [0.25, 0.3) is 0 Å². The number of urea groups is 1. The Morgan fingerprint density at radius 1 is 1.06 bits per heavy atom. The van der Waals surface area contributed by atoms with Gasteiger partial charge in [-0.05, 0) is 29.8 Å². The van der Waals surface area contributed by atoms with E-state index >= 15 is 0 Å². The van der Waals surface area contributed by atoms with Crippen molar-refractivity contribution in [2.75, 3.05) is 51.8 Å². The largest absolute Gasteiger partial charge is 0.497 e. The molecule has 0 unspecified atom stereocenters.